The summed E-state index contributed by atoms with van der Waals surface area (Å²) in [4.78, 5) is 12.4. The first-order valence-corrected chi connectivity index (χ1v) is 7.92. The molecular formula is C11H17NO4S2. The van der Waals surface area contributed by atoms with Crippen molar-refractivity contribution < 1.29 is 17.9 Å². The highest BCUT2D eigenvalue weighted by Crippen LogP contribution is 2.41. The maximum Gasteiger partial charge on any atom is 0.350 e. The average molecular weight is 291 g/mol. The number of sulfone groups is 1. The van der Waals surface area contributed by atoms with Crippen LogP contribution in [0, 0.1) is 6.92 Å². The molecule has 0 saturated carbocycles. The summed E-state index contributed by atoms with van der Waals surface area (Å²) >= 11 is 1.07. The van der Waals surface area contributed by atoms with Gasteiger partial charge >= 0.3 is 5.97 Å². The van der Waals surface area contributed by atoms with Crippen LogP contribution in [0.2, 0.25) is 0 Å². The zero-order valence-corrected chi connectivity index (χ0v) is 12.7. The summed E-state index contributed by atoms with van der Waals surface area (Å²) in [5.41, 5.74) is 6.75. The molecule has 0 aromatic carbocycles. The summed E-state index contributed by atoms with van der Waals surface area (Å²) < 4.78 is 27.2. The molecule has 0 bridgehead atoms. The molecule has 5 nitrogen and oxygen atoms in total. The molecule has 0 saturated heterocycles. The number of ether oxygens (including phenoxy) is 1. The topological polar surface area (TPSA) is 86.5 Å². The molecular weight excluding hydrogens is 274 g/mol. The van der Waals surface area contributed by atoms with Crippen LogP contribution in [0.1, 0.15) is 34.0 Å². The monoisotopic (exact) mass is 291 g/mol. The number of carbonyl (C=O) groups is 1. The highest BCUT2D eigenvalue weighted by molar-refractivity contribution is 7.91. The summed E-state index contributed by atoms with van der Waals surface area (Å²) in [6.07, 6.45) is 1.17. The fourth-order valence-corrected chi connectivity index (χ4v) is 3.73. The van der Waals surface area contributed by atoms with Crippen LogP contribution in [0.5, 0.6) is 0 Å². The Hall–Kier alpha value is -1.08. The Labute approximate surface area is 111 Å². The molecule has 0 aliphatic carbocycles. The third-order valence-electron chi connectivity index (χ3n) is 3.04. The number of nitrogen functional groups attached to an aromatic ring is 1. The number of rotatable bonds is 3. The fraction of sp³-hybridized carbons (Fsp3) is 0.545. The first-order valence-electron chi connectivity index (χ1n) is 5.21. The number of esters is 1. The Morgan fingerprint density at radius 1 is 1.39 bits per heavy atom. The van der Waals surface area contributed by atoms with Gasteiger partial charge in [0.2, 0.25) is 0 Å². The molecule has 1 rings (SSSR count). The molecule has 0 amide bonds. The van der Waals surface area contributed by atoms with Crippen molar-refractivity contribution in [2.45, 2.75) is 25.5 Å². The van der Waals surface area contributed by atoms with Gasteiger partial charge in [-0.2, -0.15) is 0 Å². The van der Waals surface area contributed by atoms with Crippen molar-refractivity contribution in [3.05, 3.63) is 15.3 Å². The molecule has 0 spiro atoms. The summed E-state index contributed by atoms with van der Waals surface area (Å²) in [5.74, 6) is -0.545. The standard InChI is InChI=1S/C11H17NO4S2/c1-6-7(12)8(10(13)16-4)17-9(6)11(2,3)18(5,14)15/h12H2,1-5H3. The van der Waals surface area contributed by atoms with Gasteiger partial charge in [0.05, 0.1) is 12.8 Å². The summed E-state index contributed by atoms with van der Waals surface area (Å²) in [6, 6.07) is 0. The second-order valence-electron chi connectivity index (χ2n) is 4.57. The number of carbonyl (C=O) groups excluding carboxylic acids is 1. The number of hydrogen-bond acceptors (Lipinski definition) is 6. The maximum absolute atomic E-state index is 11.8. The van der Waals surface area contributed by atoms with Crippen molar-refractivity contribution in [3.63, 3.8) is 0 Å². The van der Waals surface area contributed by atoms with E-state index in [1.807, 2.05) is 0 Å². The van der Waals surface area contributed by atoms with Gasteiger partial charge in [0.25, 0.3) is 0 Å². The normalized spacial score (nSPS) is 12.5. The van der Waals surface area contributed by atoms with E-state index in [4.69, 9.17) is 5.73 Å². The molecule has 0 atom stereocenters. The highest BCUT2D eigenvalue weighted by Gasteiger charge is 2.37. The zero-order valence-electron chi connectivity index (χ0n) is 11.0. The minimum atomic E-state index is -3.31. The van der Waals surface area contributed by atoms with E-state index in [1.54, 1.807) is 20.8 Å². The second-order valence-corrected chi connectivity index (χ2v) is 8.16. The average Bonchev–Trinajstić information content (AvgIpc) is 2.54. The van der Waals surface area contributed by atoms with Crippen molar-refractivity contribution >= 4 is 32.8 Å². The lowest BCUT2D eigenvalue weighted by Crippen LogP contribution is -2.27. The Morgan fingerprint density at radius 2 is 1.89 bits per heavy atom. The van der Waals surface area contributed by atoms with Crippen molar-refractivity contribution in [3.8, 4) is 0 Å². The lowest BCUT2D eigenvalue weighted by molar-refractivity contribution is 0.0607. The lowest BCUT2D eigenvalue weighted by atomic mass is 10.1. The smallest absolute Gasteiger partial charge is 0.350 e. The van der Waals surface area contributed by atoms with Gasteiger partial charge in [0, 0.05) is 11.1 Å². The number of methoxy groups -OCH3 is 1. The minimum absolute atomic E-state index is 0.252. The molecule has 0 fully saturated rings. The maximum atomic E-state index is 11.8. The molecule has 18 heavy (non-hydrogen) atoms. The molecule has 1 aromatic rings. The van der Waals surface area contributed by atoms with Gasteiger partial charge in [-0.25, -0.2) is 13.2 Å². The molecule has 0 aliphatic heterocycles. The lowest BCUT2D eigenvalue weighted by Gasteiger charge is -2.22. The Bertz CT molecular complexity index is 584. The van der Waals surface area contributed by atoms with E-state index in [1.165, 1.54) is 13.4 Å². The minimum Gasteiger partial charge on any atom is -0.465 e. The molecule has 0 aliphatic rings. The van der Waals surface area contributed by atoms with Gasteiger partial charge in [0.15, 0.2) is 9.84 Å². The summed E-state index contributed by atoms with van der Waals surface area (Å²) in [6.45, 7) is 4.91. The summed E-state index contributed by atoms with van der Waals surface area (Å²) in [5, 5.41) is 0. The first-order chi connectivity index (χ1) is 8.04. The molecule has 0 unspecified atom stereocenters. The van der Waals surface area contributed by atoms with Gasteiger partial charge < -0.3 is 10.5 Å². The van der Waals surface area contributed by atoms with Gasteiger partial charge in [-0.1, -0.05) is 0 Å². The SMILES string of the molecule is COC(=O)c1sc(C(C)(C)S(C)(=O)=O)c(C)c1N. The predicted molar refractivity (Wildman–Crippen MR) is 72.7 cm³/mol. The third-order valence-corrected chi connectivity index (χ3v) is 6.84. The molecule has 1 aromatic heterocycles. The molecule has 102 valence electrons. The van der Waals surface area contributed by atoms with Crippen LogP contribution in [0.4, 0.5) is 5.69 Å². The van der Waals surface area contributed by atoms with Gasteiger partial charge in [-0.05, 0) is 26.3 Å². The van der Waals surface area contributed by atoms with E-state index < -0.39 is 20.6 Å². The van der Waals surface area contributed by atoms with E-state index in [9.17, 15) is 13.2 Å². The van der Waals surface area contributed by atoms with Crippen LogP contribution in [0.25, 0.3) is 0 Å². The van der Waals surface area contributed by atoms with Gasteiger partial charge in [-0.15, -0.1) is 11.3 Å². The van der Waals surface area contributed by atoms with Gasteiger partial charge in [0.1, 0.15) is 9.62 Å². The Balaban J connectivity index is 3.51. The Kier molecular flexibility index (Phi) is 3.78. The largest absolute Gasteiger partial charge is 0.465 e. The van der Waals surface area contributed by atoms with E-state index in [2.05, 4.69) is 4.74 Å². The van der Waals surface area contributed by atoms with E-state index in [0.717, 1.165) is 11.3 Å². The molecule has 0 radical (unpaired) electrons. The zero-order chi connectivity index (χ0) is 14.3. The van der Waals surface area contributed by atoms with E-state index in [0.29, 0.717) is 16.1 Å². The number of anilines is 1. The van der Waals surface area contributed by atoms with Crippen LogP contribution in [-0.2, 0) is 19.3 Å². The van der Waals surface area contributed by atoms with Crippen LogP contribution >= 0.6 is 11.3 Å². The van der Waals surface area contributed by atoms with Crippen molar-refractivity contribution in [1.29, 1.82) is 0 Å². The third kappa shape index (κ3) is 2.24. The van der Waals surface area contributed by atoms with Crippen molar-refractivity contribution in [1.82, 2.24) is 0 Å². The molecule has 1 heterocycles. The van der Waals surface area contributed by atoms with Crippen LogP contribution < -0.4 is 5.73 Å². The van der Waals surface area contributed by atoms with E-state index >= 15 is 0 Å². The highest BCUT2D eigenvalue weighted by atomic mass is 32.2. The Morgan fingerprint density at radius 3 is 2.28 bits per heavy atom. The second kappa shape index (κ2) is 4.55. The summed E-state index contributed by atoms with van der Waals surface area (Å²) in [7, 11) is -2.05. The van der Waals surface area contributed by atoms with E-state index in [-0.39, 0.29) is 4.88 Å². The number of nitrogens with two attached hydrogens (primary N) is 1. The van der Waals surface area contributed by atoms with Gasteiger partial charge in [-0.3, -0.25) is 0 Å². The fourth-order valence-electron chi connectivity index (χ4n) is 1.51. The quantitative estimate of drug-likeness (QED) is 0.857. The first kappa shape index (κ1) is 15.0. The number of thiophene rings is 1. The molecule has 2 N–H and O–H groups in total. The van der Waals surface area contributed by atoms with Crippen LogP contribution in [0.3, 0.4) is 0 Å². The number of hydrogen-bond donors (Lipinski definition) is 1. The predicted octanol–water partition coefficient (Wildman–Crippen LogP) is 1.71. The molecule has 7 heteroatoms. The van der Waals surface area contributed by atoms with Crippen molar-refractivity contribution in [2.75, 3.05) is 19.1 Å². The van der Waals surface area contributed by atoms with Crippen LogP contribution in [-0.4, -0.2) is 27.8 Å². The van der Waals surface area contributed by atoms with Crippen LogP contribution in [0.15, 0.2) is 0 Å². The van der Waals surface area contributed by atoms with Crippen molar-refractivity contribution in [2.24, 2.45) is 0 Å².